The SMILES string of the molecule is C#CCOc1ccccc1CNCC(=O)N(CC)Cc1ccccc1. The van der Waals surface area contributed by atoms with E-state index in [2.05, 4.69) is 11.2 Å². The molecule has 25 heavy (non-hydrogen) atoms. The van der Waals surface area contributed by atoms with E-state index in [1.165, 1.54) is 0 Å². The Balaban J connectivity index is 1.86. The second-order valence-corrected chi connectivity index (χ2v) is 5.60. The first kappa shape index (κ1) is 18.6. The summed E-state index contributed by atoms with van der Waals surface area (Å²) in [5.74, 6) is 3.28. The van der Waals surface area contributed by atoms with E-state index in [1.807, 2.05) is 66.4 Å². The zero-order chi connectivity index (χ0) is 17.9. The lowest BCUT2D eigenvalue weighted by Gasteiger charge is -2.21. The minimum absolute atomic E-state index is 0.0772. The standard InChI is InChI=1S/C21H24N2O2/c1-3-14-25-20-13-9-8-12-19(20)15-22-16-21(24)23(4-2)17-18-10-6-5-7-11-18/h1,5-13,22H,4,14-17H2,2H3. The normalized spacial score (nSPS) is 10.1. The molecule has 2 aromatic carbocycles. The summed E-state index contributed by atoms with van der Waals surface area (Å²) in [6, 6.07) is 17.7. The summed E-state index contributed by atoms with van der Waals surface area (Å²) in [6.07, 6.45) is 5.24. The largest absolute Gasteiger partial charge is 0.481 e. The van der Waals surface area contributed by atoms with Crippen LogP contribution in [0.4, 0.5) is 0 Å². The molecule has 0 radical (unpaired) electrons. The number of terminal acetylenes is 1. The quantitative estimate of drug-likeness (QED) is 0.716. The van der Waals surface area contributed by atoms with Gasteiger partial charge in [0.2, 0.25) is 5.91 Å². The van der Waals surface area contributed by atoms with Gasteiger partial charge in [-0.05, 0) is 18.6 Å². The highest BCUT2D eigenvalue weighted by Gasteiger charge is 2.12. The summed E-state index contributed by atoms with van der Waals surface area (Å²) in [4.78, 5) is 14.3. The zero-order valence-electron chi connectivity index (χ0n) is 14.6. The Labute approximate surface area is 149 Å². The van der Waals surface area contributed by atoms with Gasteiger partial charge >= 0.3 is 0 Å². The maximum Gasteiger partial charge on any atom is 0.236 e. The Bertz CT molecular complexity index is 707. The van der Waals surface area contributed by atoms with Gasteiger partial charge in [0.15, 0.2) is 0 Å². The molecule has 0 saturated heterocycles. The van der Waals surface area contributed by atoms with E-state index >= 15 is 0 Å². The molecule has 4 heteroatoms. The fourth-order valence-electron chi connectivity index (χ4n) is 2.51. The molecule has 0 bridgehead atoms. The number of likely N-dealkylation sites (N-methyl/N-ethyl adjacent to an activating group) is 1. The molecule has 1 amide bonds. The summed E-state index contributed by atoms with van der Waals surface area (Å²) in [7, 11) is 0. The lowest BCUT2D eigenvalue weighted by molar-refractivity contribution is -0.130. The third-order valence-corrected chi connectivity index (χ3v) is 3.83. The molecule has 0 heterocycles. The molecule has 0 aliphatic heterocycles. The molecule has 0 aliphatic rings. The molecule has 1 N–H and O–H groups in total. The van der Waals surface area contributed by atoms with Crippen molar-refractivity contribution in [1.29, 1.82) is 0 Å². The van der Waals surface area contributed by atoms with E-state index in [1.54, 1.807) is 0 Å². The average Bonchev–Trinajstić information content (AvgIpc) is 2.66. The number of hydrogen-bond acceptors (Lipinski definition) is 3. The second kappa shape index (κ2) is 10.2. The van der Waals surface area contributed by atoms with Gasteiger partial charge in [0.25, 0.3) is 0 Å². The zero-order valence-corrected chi connectivity index (χ0v) is 14.6. The lowest BCUT2D eigenvalue weighted by Crippen LogP contribution is -2.37. The highest BCUT2D eigenvalue weighted by atomic mass is 16.5. The van der Waals surface area contributed by atoms with Gasteiger partial charge in [-0.1, -0.05) is 54.5 Å². The van der Waals surface area contributed by atoms with Crippen molar-refractivity contribution in [3.8, 4) is 18.1 Å². The minimum Gasteiger partial charge on any atom is -0.481 e. The number of benzene rings is 2. The number of rotatable bonds is 9. The van der Waals surface area contributed by atoms with Crippen LogP contribution in [0.2, 0.25) is 0 Å². The van der Waals surface area contributed by atoms with Gasteiger partial charge in [-0.3, -0.25) is 4.79 Å². The highest BCUT2D eigenvalue weighted by Crippen LogP contribution is 2.17. The number of hydrogen-bond donors (Lipinski definition) is 1. The van der Waals surface area contributed by atoms with E-state index < -0.39 is 0 Å². The molecule has 4 nitrogen and oxygen atoms in total. The van der Waals surface area contributed by atoms with Crippen LogP contribution < -0.4 is 10.1 Å². The van der Waals surface area contributed by atoms with Gasteiger partial charge in [-0.2, -0.15) is 0 Å². The highest BCUT2D eigenvalue weighted by molar-refractivity contribution is 5.78. The number of carbonyl (C=O) groups excluding carboxylic acids is 1. The number of para-hydroxylation sites is 1. The predicted octanol–water partition coefficient (Wildman–Crippen LogP) is 2.84. The van der Waals surface area contributed by atoms with Crippen LogP contribution in [-0.4, -0.2) is 30.5 Å². The van der Waals surface area contributed by atoms with Crippen molar-refractivity contribution in [3.05, 3.63) is 65.7 Å². The molecule has 0 fully saturated rings. The number of nitrogens with zero attached hydrogens (tertiary/aromatic N) is 1. The van der Waals surface area contributed by atoms with Gasteiger partial charge in [0.05, 0.1) is 6.54 Å². The number of carbonyl (C=O) groups is 1. The van der Waals surface area contributed by atoms with E-state index in [0.29, 0.717) is 19.6 Å². The van der Waals surface area contributed by atoms with Crippen LogP contribution >= 0.6 is 0 Å². The Kier molecular flexibility index (Phi) is 7.55. The molecule has 0 atom stereocenters. The molecule has 2 rings (SSSR count). The van der Waals surface area contributed by atoms with Gasteiger partial charge in [0, 0.05) is 25.2 Å². The second-order valence-electron chi connectivity index (χ2n) is 5.60. The summed E-state index contributed by atoms with van der Waals surface area (Å²) in [5, 5.41) is 3.20. The first-order valence-corrected chi connectivity index (χ1v) is 8.41. The van der Waals surface area contributed by atoms with Crippen molar-refractivity contribution in [2.75, 3.05) is 19.7 Å². The number of ether oxygens (including phenoxy) is 1. The van der Waals surface area contributed by atoms with E-state index in [0.717, 1.165) is 16.9 Å². The van der Waals surface area contributed by atoms with E-state index in [-0.39, 0.29) is 19.1 Å². The van der Waals surface area contributed by atoms with Crippen LogP contribution in [0, 0.1) is 12.3 Å². The third-order valence-electron chi connectivity index (χ3n) is 3.83. The Morgan fingerprint density at radius 2 is 1.88 bits per heavy atom. The van der Waals surface area contributed by atoms with Crippen LogP contribution in [0.3, 0.4) is 0 Å². The van der Waals surface area contributed by atoms with Crippen molar-refractivity contribution in [2.45, 2.75) is 20.0 Å². The molecule has 130 valence electrons. The van der Waals surface area contributed by atoms with Crippen molar-refractivity contribution in [3.63, 3.8) is 0 Å². The maximum atomic E-state index is 12.4. The summed E-state index contributed by atoms with van der Waals surface area (Å²) < 4.78 is 5.52. The fourth-order valence-corrected chi connectivity index (χ4v) is 2.51. The Hall–Kier alpha value is -2.77. The number of amides is 1. The molecule has 0 unspecified atom stereocenters. The summed E-state index contributed by atoms with van der Waals surface area (Å²) in [5.41, 5.74) is 2.11. The van der Waals surface area contributed by atoms with E-state index in [4.69, 9.17) is 11.2 Å². The topological polar surface area (TPSA) is 41.6 Å². The monoisotopic (exact) mass is 336 g/mol. The number of nitrogens with one attached hydrogen (secondary N) is 1. The Morgan fingerprint density at radius 1 is 1.16 bits per heavy atom. The third kappa shape index (κ3) is 5.98. The van der Waals surface area contributed by atoms with Crippen LogP contribution in [-0.2, 0) is 17.9 Å². The molecule has 0 spiro atoms. The molecule has 0 aliphatic carbocycles. The average molecular weight is 336 g/mol. The van der Waals surface area contributed by atoms with Crippen LogP contribution in [0.5, 0.6) is 5.75 Å². The summed E-state index contributed by atoms with van der Waals surface area (Å²) in [6.45, 7) is 4.36. The van der Waals surface area contributed by atoms with Crippen molar-refractivity contribution in [2.24, 2.45) is 0 Å². The van der Waals surface area contributed by atoms with Crippen molar-refractivity contribution in [1.82, 2.24) is 10.2 Å². The molecular weight excluding hydrogens is 312 g/mol. The smallest absolute Gasteiger partial charge is 0.236 e. The minimum atomic E-state index is 0.0772. The molecule has 2 aromatic rings. The predicted molar refractivity (Wildman–Crippen MR) is 100 cm³/mol. The fraction of sp³-hybridized carbons (Fsp3) is 0.286. The Morgan fingerprint density at radius 3 is 2.60 bits per heavy atom. The van der Waals surface area contributed by atoms with E-state index in [9.17, 15) is 4.79 Å². The van der Waals surface area contributed by atoms with Crippen LogP contribution in [0.25, 0.3) is 0 Å². The van der Waals surface area contributed by atoms with Gasteiger partial charge in [-0.25, -0.2) is 0 Å². The van der Waals surface area contributed by atoms with Gasteiger partial charge in [0.1, 0.15) is 12.4 Å². The molecule has 0 aromatic heterocycles. The first-order valence-electron chi connectivity index (χ1n) is 8.41. The lowest BCUT2D eigenvalue weighted by atomic mass is 10.2. The van der Waals surface area contributed by atoms with Crippen LogP contribution in [0.1, 0.15) is 18.1 Å². The van der Waals surface area contributed by atoms with Crippen LogP contribution in [0.15, 0.2) is 54.6 Å². The first-order chi connectivity index (χ1) is 12.2. The van der Waals surface area contributed by atoms with Gasteiger partial charge < -0.3 is 15.0 Å². The maximum absolute atomic E-state index is 12.4. The van der Waals surface area contributed by atoms with Crippen molar-refractivity contribution < 1.29 is 9.53 Å². The van der Waals surface area contributed by atoms with Crippen molar-refractivity contribution >= 4 is 5.91 Å². The molecule has 0 saturated carbocycles. The summed E-state index contributed by atoms with van der Waals surface area (Å²) >= 11 is 0. The molecular formula is C21H24N2O2. The van der Waals surface area contributed by atoms with Gasteiger partial charge in [-0.15, -0.1) is 6.42 Å².